The summed E-state index contributed by atoms with van der Waals surface area (Å²) in [4.78, 5) is 15.3. The third kappa shape index (κ3) is 2.67. The molecule has 0 spiro atoms. The normalized spacial score (nSPS) is 15.9. The van der Waals surface area contributed by atoms with E-state index in [0.29, 0.717) is 6.54 Å². The van der Waals surface area contributed by atoms with Crippen molar-refractivity contribution >= 4 is 16.8 Å². The molecule has 5 rings (SSSR count). The average molecular weight is 384 g/mol. The van der Waals surface area contributed by atoms with Crippen LogP contribution < -0.4 is 0 Å². The van der Waals surface area contributed by atoms with Crippen molar-refractivity contribution in [3.8, 4) is 0 Å². The Hall–Kier alpha value is -3.40. The highest BCUT2D eigenvalue weighted by Gasteiger charge is 2.39. The number of halogens is 1. The molecule has 0 unspecified atom stereocenters. The van der Waals surface area contributed by atoms with Gasteiger partial charge < -0.3 is 9.47 Å². The summed E-state index contributed by atoms with van der Waals surface area (Å²) in [5, 5.41) is 1.16. The minimum atomic E-state index is -0.272. The van der Waals surface area contributed by atoms with Crippen LogP contribution in [0.2, 0.25) is 0 Å². The van der Waals surface area contributed by atoms with Crippen molar-refractivity contribution in [1.29, 1.82) is 0 Å². The number of para-hydroxylation sites is 1. The number of carbonyl (C=O) groups is 1. The molecule has 0 saturated carbocycles. The molecule has 4 aromatic rings. The second-order valence-electron chi connectivity index (χ2n) is 7.62. The van der Waals surface area contributed by atoms with Gasteiger partial charge in [-0.15, -0.1) is 0 Å². The van der Waals surface area contributed by atoms with Gasteiger partial charge in [-0.1, -0.05) is 48.5 Å². The number of amides is 1. The largest absolute Gasteiger partial charge is 0.348 e. The Morgan fingerprint density at radius 3 is 2.41 bits per heavy atom. The Morgan fingerprint density at radius 2 is 1.62 bits per heavy atom. The van der Waals surface area contributed by atoms with Gasteiger partial charge in [0, 0.05) is 41.3 Å². The first kappa shape index (κ1) is 17.7. The summed E-state index contributed by atoms with van der Waals surface area (Å²) in [5.74, 6) is -0.256. The maximum Gasteiger partial charge on any atom is 0.255 e. The molecular weight excluding hydrogens is 363 g/mol. The van der Waals surface area contributed by atoms with Gasteiger partial charge in [-0.2, -0.15) is 0 Å². The monoisotopic (exact) mass is 384 g/mol. The summed E-state index contributed by atoms with van der Waals surface area (Å²) in [6, 6.07) is 22.4. The average Bonchev–Trinajstić information content (AvgIpc) is 3.15. The van der Waals surface area contributed by atoms with Crippen LogP contribution in [0.25, 0.3) is 10.9 Å². The molecule has 0 radical (unpaired) electrons. The maximum absolute atomic E-state index is 13.4. The molecule has 3 nitrogen and oxygen atoms in total. The Balaban J connectivity index is 1.71. The number of benzene rings is 3. The lowest BCUT2D eigenvalue weighted by Crippen LogP contribution is -2.28. The summed E-state index contributed by atoms with van der Waals surface area (Å²) in [5.41, 5.74) is 6.13. The van der Waals surface area contributed by atoms with Crippen molar-refractivity contribution in [2.75, 3.05) is 0 Å². The fraction of sp³-hybridized carbons (Fsp3) is 0.160. The van der Waals surface area contributed by atoms with Crippen LogP contribution in [-0.2, 0) is 13.6 Å². The van der Waals surface area contributed by atoms with E-state index in [9.17, 15) is 9.18 Å². The van der Waals surface area contributed by atoms with Gasteiger partial charge in [-0.25, -0.2) is 4.39 Å². The van der Waals surface area contributed by atoms with Gasteiger partial charge in [0.15, 0.2) is 0 Å². The van der Waals surface area contributed by atoms with E-state index in [2.05, 4.69) is 30.7 Å². The van der Waals surface area contributed by atoms with Crippen molar-refractivity contribution in [2.45, 2.75) is 19.5 Å². The van der Waals surface area contributed by atoms with Crippen LogP contribution in [0.3, 0.4) is 0 Å². The van der Waals surface area contributed by atoms with Gasteiger partial charge in [0.05, 0.1) is 6.04 Å². The number of nitrogens with zero attached hydrogens (tertiary/aromatic N) is 2. The van der Waals surface area contributed by atoms with Gasteiger partial charge in [-0.3, -0.25) is 4.79 Å². The van der Waals surface area contributed by atoms with E-state index in [-0.39, 0.29) is 17.8 Å². The standard InChI is InChI=1S/C25H21FN2O/c1-16-23(21-9-5-6-10-22(21)27(16)2)24-19-7-3-4-8-20(19)25(29)28(24)15-17-11-13-18(26)14-12-17/h3-14,24H,15H2,1-2H3/t24-/m0/s1. The van der Waals surface area contributed by atoms with E-state index in [1.165, 1.54) is 12.1 Å². The maximum atomic E-state index is 13.4. The number of hydrogen-bond acceptors (Lipinski definition) is 1. The predicted octanol–water partition coefficient (Wildman–Crippen LogP) is 5.37. The SMILES string of the molecule is Cc1c([C@@H]2c3ccccc3C(=O)N2Cc2ccc(F)cc2)c2ccccc2n1C. The van der Waals surface area contributed by atoms with Gasteiger partial charge in [0.1, 0.15) is 5.82 Å². The number of aryl methyl sites for hydroxylation is 1. The smallest absolute Gasteiger partial charge is 0.255 e. The first-order chi connectivity index (χ1) is 14.1. The zero-order chi connectivity index (χ0) is 20.1. The molecule has 0 N–H and O–H groups in total. The van der Waals surface area contributed by atoms with E-state index in [0.717, 1.165) is 38.9 Å². The summed E-state index contributed by atoms with van der Waals surface area (Å²) >= 11 is 0. The highest BCUT2D eigenvalue weighted by Crippen LogP contribution is 2.43. The molecule has 1 amide bonds. The molecule has 0 saturated heterocycles. The number of aromatic nitrogens is 1. The number of fused-ring (bicyclic) bond motifs is 2. The quantitative estimate of drug-likeness (QED) is 0.466. The number of rotatable bonds is 3. The van der Waals surface area contributed by atoms with Crippen LogP contribution in [0.15, 0.2) is 72.8 Å². The second kappa shape index (κ2) is 6.59. The van der Waals surface area contributed by atoms with Crippen molar-refractivity contribution in [3.05, 3.63) is 107 Å². The van der Waals surface area contributed by atoms with Crippen molar-refractivity contribution in [1.82, 2.24) is 9.47 Å². The number of carbonyl (C=O) groups excluding carboxylic acids is 1. The first-order valence-electron chi connectivity index (χ1n) is 9.74. The van der Waals surface area contributed by atoms with Crippen LogP contribution in [0.5, 0.6) is 0 Å². The molecule has 2 heterocycles. The van der Waals surface area contributed by atoms with E-state index in [1.807, 2.05) is 41.3 Å². The van der Waals surface area contributed by atoms with E-state index >= 15 is 0 Å². The third-order valence-electron chi connectivity index (χ3n) is 6.05. The molecule has 144 valence electrons. The van der Waals surface area contributed by atoms with Crippen LogP contribution in [0.4, 0.5) is 4.39 Å². The fourth-order valence-electron chi connectivity index (χ4n) is 4.53. The van der Waals surface area contributed by atoms with Crippen molar-refractivity contribution < 1.29 is 9.18 Å². The second-order valence-corrected chi connectivity index (χ2v) is 7.62. The molecule has 29 heavy (non-hydrogen) atoms. The van der Waals surface area contributed by atoms with E-state index < -0.39 is 0 Å². The van der Waals surface area contributed by atoms with Crippen LogP contribution >= 0.6 is 0 Å². The lowest BCUT2D eigenvalue weighted by Gasteiger charge is -2.26. The fourth-order valence-corrected chi connectivity index (χ4v) is 4.53. The summed E-state index contributed by atoms with van der Waals surface area (Å²) < 4.78 is 15.6. The molecular formula is C25H21FN2O. The van der Waals surface area contributed by atoms with Crippen LogP contribution in [0.1, 0.15) is 38.8 Å². The Bertz CT molecular complexity index is 1240. The van der Waals surface area contributed by atoms with Crippen molar-refractivity contribution in [3.63, 3.8) is 0 Å². The lowest BCUT2D eigenvalue weighted by atomic mass is 9.95. The van der Waals surface area contributed by atoms with Crippen LogP contribution in [0, 0.1) is 12.7 Å². The zero-order valence-electron chi connectivity index (χ0n) is 16.4. The van der Waals surface area contributed by atoms with E-state index in [1.54, 1.807) is 12.1 Å². The Morgan fingerprint density at radius 1 is 0.931 bits per heavy atom. The lowest BCUT2D eigenvalue weighted by molar-refractivity contribution is 0.0736. The molecule has 1 atom stereocenters. The minimum Gasteiger partial charge on any atom is -0.348 e. The molecule has 0 aliphatic carbocycles. The molecule has 1 aliphatic heterocycles. The predicted molar refractivity (Wildman–Crippen MR) is 112 cm³/mol. The topological polar surface area (TPSA) is 25.2 Å². The molecule has 0 fully saturated rings. The van der Waals surface area contributed by atoms with Gasteiger partial charge in [0.2, 0.25) is 0 Å². The molecule has 1 aromatic heterocycles. The zero-order valence-corrected chi connectivity index (χ0v) is 16.4. The van der Waals surface area contributed by atoms with Crippen molar-refractivity contribution in [2.24, 2.45) is 7.05 Å². The first-order valence-corrected chi connectivity index (χ1v) is 9.74. The molecule has 4 heteroatoms. The van der Waals surface area contributed by atoms with Gasteiger partial charge >= 0.3 is 0 Å². The highest BCUT2D eigenvalue weighted by molar-refractivity contribution is 6.01. The molecule has 1 aliphatic rings. The summed E-state index contributed by atoms with van der Waals surface area (Å²) in [6.45, 7) is 2.54. The Labute approximate surface area is 169 Å². The highest BCUT2D eigenvalue weighted by atomic mass is 19.1. The molecule has 3 aromatic carbocycles. The molecule has 0 bridgehead atoms. The Kier molecular flexibility index (Phi) is 4.02. The van der Waals surface area contributed by atoms with Crippen LogP contribution in [-0.4, -0.2) is 15.4 Å². The number of hydrogen-bond donors (Lipinski definition) is 0. The van der Waals surface area contributed by atoms with Gasteiger partial charge in [0.25, 0.3) is 5.91 Å². The van der Waals surface area contributed by atoms with Gasteiger partial charge in [-0.05, 0) is 42.3 Å². The summed E-state index contributed by atoms with van der Waals surface area (Å²) in [6.07, 6.45) is 0. The summed E-state index contributed by atoms with van der Waals surface area (Å²) in [7, 11) is 2.06. The minimum absolute atomic E-state index is 0.0160. The van der Waals surface area contributed by atoms with E-state index in [4.69, 9.17) is 0 Å². The third-order valence-corrected chi connectivity index (χ3v) is 6.05.